The molecule has 0 saturated carbocycles. The predicted molar refractivity (Wildman–Crippen MR) is 99.2 cm³/mol. The fourth-order valence-electron chi connectivity index (χ4n) is 2.92. The molecule has 138 valence electrons. The van der Waals surface area contributed by atoms with Gasteiger partial charge in [-0.05, 0) is 24.3 Å². The summed E-state index contributed by atoms with van der Waals surface area (Å²) in [6, 6.07) is 12.1. The Labute approximate surface area is 152 Å². The van der Waals surface area contributed by atoms with Crippen molar-refractivity contribution in [3.63, 3.8) is 0 Å². The van der Waals surface area contributed by atoms with Gasteiger partial charge in [-0.2, -0.15) is 0 Å². The number of anilines is 2. The highest BCUT2D eigenvalue weighted by Gasteiger charge is 2.22. The van der Waals surface area contributed by atoms with E-state index < -0.39 is 14.9 Å². The Morgan fingerprint density at radius 3 is 2.31 bits per heavy atom. The van der Waals surface area contributed by atoms with Crippen LogP contribution in [0.1, 0.15) is 0 Å². The van der Waals surface area contributed by atoms with E-state index in [0.717, 1.165) is 31.9 Å². The molecular weight excluding hydrogens is 356 g/mol. The molecule has 8 nitrogen and oxygen atoms in total. The molecule has 0 aliphatic carbocycles. The number of nitrogens with zero attached hydrogens (tertiary/aromatic N) is 2. The van der Waals surface area contributed by atoms with E-state index in [-0.39, 0.29) is 10.6 Å². The number of hydrogen-bond acceptors (Lipinski definition) is 5. The van der Waals surface area contributed by atoms with Crippen molar-refractivity contribution in [3.8, 4) is 0 Å². The summed E-state index contributed by atoms with van der Waals surface area (Å²) >= 11 is 0. The maximum absolute atomic E-state index is 12.7. The van der Waals surface area contributed by atoms with Crippen LogP contribution in [0.25, 0.3) is 0 Å². The molecule has 2 N–H and O–H groups in total. The average Bonchev–Trinajstić information content (AvgIpc) is 2.63. The second-order valence-corrected chi connectivity index (χ2v) is 8.00. The molecule has 0 spiro atoms. The number of benzene rings is 2. The number of non-ortho nitro benzene ring substituents is 1. The lowest BCUT2D eigenvalue weighted by atomic mass is 10.2. The van der Waals surface area contributed by atoms with Crippen molar-refractivity contribution in [1.82, 2.24) is 0 Å². The Balaban J connectivity index is 1.85. The largest absolute Gasteiger partial charge is 0.359 e. The summed E-state index contributed by atoms with van der Waals surface area (Å²) in [5.74, 6) is 0. The van der Waals surface area contributed by atoms with E-state index in [0.29, 0.717) is 5.69 Å². The van der Waals surface area contributed by atoms with E-state index in [1.807, 2.05) is 12.1 Å². The van der Waals surface area contributed by atoms with E-state index >= 15 is 0 Å². The number of nitro benzene ring substituents is 1. The quantitative estimate of drug-likeness (QED) is 0.591. The molecule has 2 aromatic carbocycles. The van der Waals surface area contributed by atoms with Gasteiger partial charge in [-0.25, -0.2) is 8.42 Å². The number of quaternary nitrogens is 1. The third-order valence-electron chi connectivity index (χ3n) is 4.46. The molecule has 0 amide bonds. The SMILES string of the molecule is C[NH+]1CCN(c2ccccc2NS(=O)(=O)c2ccc([N+](=O)[O-])cc2)CC1. The van der Waals surface area contributed by atoms with Crippen molar-refractivity contribution in [2.45, 2.75) is 4.90 Å². The summed E-state index contributed by atoms with van der Waals surface area (Å²) < 4.78 is 27.9. The van der Waals surface area contributed by atoms with E-state index in [9.17, 15) is 18.5 Å². The molecule has 26 heavy (non-hydrogen) atoms. The van der Waals surface area contributed by atoms with Crippen LogP contribution < -0.4 is 14.5 Å². The predicted octanol–water partition coefficient (Wildman–Crippen LogP) is 0.730. The van der Waals surface area contributed by atoms with Crippen LogP contribution in [0.3, 0.4) is 0 Å². The highest BCUT2D eigenvalue weighted by Crippen LogP contribution is 2.28. The number of para-hydroxylation sites is 2. The van der Waals surface area contributed by atoms with Crippen LogP contribution in [0.4, 0.5) is 17.1 Å². The highest BCUT2D eigenvalue weighted by atomic mass is 32.2. The summed E-state index contributed by atoms with van der Waals surface area (Å²) in [7, 11) is -1.69. The Hall–Kier alpha value is -2.65. The van der Waals surface area contributed by atoms with Gasteiger partial charge >= 0.3 is 0 Å². The molecule has 1 saturated heterocycles. The first-order chi connectivity index (χ1) is 12.4. The minimum Gasteiger partial charge on any atom is -0.359 e. The second-order valence-electron chi connectivity index (χ2n) is 6.32. The number of nitrogens with one attached hydrogen (secondary N) is 2. The first-order valence-corrected chi connectivity index (χ1v) is 9.78. The molecule has 1 aliphatic rings. The molecule has 2 aromatic rings. The van der Waals surface area contributed by atoms with Crippen LogP contribution in [0.2, 0.25) is 0 Å². The van der Waals surface area contributed by atoms with E-state index in [2.05, 4.69) is 16.7 Å². The molecule has 0 bridgehead atoms. The van der Waals surface area contributed by atoms with Gasteiger partial charge in [0.05, 0.1) is 54.4 Å². The molecule has 1 aliphatic heterocycles. The van der Waals surface area contributed by atoms with Crippen LogP contribution in [0, 0.1) is 10.1 Å². The fourth-order valence-corrected chi connectivity index (χ4v) is 3.99. The van der Waals surface area contributed by atoms with E-state index in [1.54, 1.807) is 12.1 Å². The lowest BCUT2D eigenvalue weighted by molar-refractivity contribution is -0.880. The summed E-state index contributed by atoms with van der Waals surface area (Å²) in [6.45, 7) is 3.68. The lowest BCUT2D eigenvalue weighted by Crippen LogP contribution is -3.12. The topological polar surface area (TPSA) is 97.0 Å². The van der Waals surface area contributed by atoms with Gasteiger partial charge in [0.2, 0.25) is 0 Å². The fraction of sp³-hybridized carbons (Fsp3) is 0.294. The Morgan fingerprint density at radius 2 is 1.69 bits per heavy atom. The van der Waals surface area contributed by atoms with Gasteiger partial charge < -0.3 is 9.80 Å². The van der Waals surface area contributed by atoms with E-state index in [1.165, 1.54) is 29.2 Å². The third kappa shape index (κ3) is 3.94. The molecule has 3 rings (SSSR count). The Morgan fingerprint density at radius 1 is 1.08 bits per heavy atom. The van der Waals surface area contributed by atoms with Crippen LogP contribution >= 0.6 is 0 Å². The number of piperazine rings is 1. The zero-order chi connectivity index (χ0) is 18.7. The maximum atomic E-state index is 12.7. The molecule has 1 fully saturated rings. The van der Waals surface area contributed by atoms with Crippen molar-refractivity contribution < 1.29 is 18.2 Å². The van der Waals surface area contributed by atoms with Gasteiger partial charge in [-0.3, -0.25) is 14.8 Å². The molecule has 0 atom stereocenters. The zero-order valence-corrected chi connectivity index (χ0v) is 15.2. The molecule has 9 heteroatoms. The molecule has 1 heterocycles. The van der Waals surface area contributed by atoms with Gasteiger partial charge in [0.1, 0.15) is 0 Å². The van der Waals surface area contributed by atoms with Gasteiger partial charge in [0, 0.05) is 12.1 Å². The first-order valence-electron chi connectivity index (χ1n) is 8.29. The van der Waals surface area contributed by atoms with Crippen molar-refractivity contribution in [2.24, 2.45) is 0 Å². The number of rotatable bonds is 5. The van der Waals surface area contributed by atoms with Crippen molar-refractivity contribution >= 4 is 27.1 Å². The number of hydrogen-bond donors (Lipinski definition) is 2. The normalized spacial score (nSPS) is 15.7. The summed E-state index contributed by atoms with van der Waals surface area (Å²) in [5.41, 5.74) is 1.19. The van der Waals surface area contributed by atoms with Crippen molar-refractivity contribution in [3.05, 3.63) is 58.6 Å². The minimum atomic E-state index is -3.83. The highest BCUT2D eigenvalue weighted by molar-refractivity contribution is 7.92. The van der Waals surface area contributed by atoms with Gasteiger partial charge in [-0.15, -0.1) is 0 Å². The average molecular weight is 377 g/mol. The van der Waals surface area contributed by atoms with Crippen LogP contribution in [-0.2, 0) is 10.0 Å². The molecule has 0 aromatic heterocycles. The third-order valence-corrected chi connectivity index (χ3v) is 5.85. The number of sulfonamides is 1. The molecular formula is C17H21N4O4S+. The van der Waals surface area contributed by atoms with E-state index in [4.69, 9.17) is 0 Å². The maximum Gasteiger partial charge on any atom is 0.269 e. The zero-order valence-electron chi connectivity index (χ0n) is 14.4. The van der Waals surface area contributed by atoms with Gasteiger partial charge in [0.15, 0.2) is 0 Å². The van der Waals surface area contributed by atoms with Crippen molar-refractivity contribution in [2.75, 3.05) is 42.8 Å². The number of likely N-dealkylation sites (N-methyl/N-ethyl adjacent to an activating group) is 1. The number of nitro groups is 1. The second kappa shape index (κ2) is 7.30. The molecule has 0 radical (unpaired) electrons. The standard InChI is InChI=1S/C17H20N4O4S/c1-19-10-12-20(13-11-19)17-5-3-2-4-16(17)18-26(24,25)15-8-6-14(7-9-15)21(22)23/h2-9,18H,10-13H2,1H3/p+1. The summed E-state index contributed by atoms with van der Waals surface area (Å²) in [6.07, 6.45) is 0. The Bertz CT molecular complexity index is 891. The molecule has 0 unspecified atom stereocenters. The smallest absolute Gasteiger partial charge is 0.269 e. The lowest BCUT2D eigenvalue weighted by Gasteiger charge is -2.33. The Kier molecular flexibility index (Phi) is 5.10. The summed E-state index contributed by atoms with van der Waals surface area (Å²) in [4.78, 5) is 13.8. The van der Waals surface area contributed by atoms with Crippen LogP contribution in [0.5, 0.6) is 0 Å². The van der Waals surface area contributed by atoms with Crippen LogP contribution in [0.15, 0.2) is 53.4 Å². The van der Waals surface area contributed by atoms with Gasteiger partial charge in [0.25, 0.3) is 15.7 Å². The van der Waals surface area contributed by atoms with Gasteiger partial charge in [-0.1, -0.05) is 12.1 Å². The van der Waals surface area contributed by atoms with Crippen molar-refractivity contribution in [1.29, 1.82) is 0 Å². The summed E-state index contributed by atoms with van der Waals surface area (Å²) in [5, 5.41) is 10.7. The minimum absolute atomic E-state index is 0.0132. The van der Waals surface area contributed by atoms with Crippen LogP contribution in [-0.4, -0.2) is 46.6 Å². The monoisotopic (exact) mass is 377 g/mol. The first kappa shape index (κ1) is 18.2.